The highest BCUT2D eigenvalue weighted by Crippen LogP contribution is 2.22. The molecular formula is C16H28N2O6. The Morgan fingerprint density at radius 3 is 2.00 bits per heavy atom. The molecule has 1 N–H and O–H groups in total. The molecule has 0 bridgehead atoms. The van der Waals surface area contributed by atoms with Crippen molar-refractivity contribution in [2.24, 2.45) is 0 Å². The van der Waals surface area contributed by atoms with Crippen LogP contribution < -0.4 is 5.32 Å². The number of nitrogens with zero attached hydrogens (tertiary/aromatic N) is 1. The number of carbonyl (C=O) groups is 3. The lowest BCUT2D eigenvalue weighted by Gasteiger charge is -2.27. The Labute approximate surface area is 142 Å². The Hall–Kier alpha value is -1.99. The van der Waals surface area contributed by atoms with Crippen LogP contribution in [0.4, 0.5) is 9.59 Å². The van der Waals surface area contributed by atoms with E-state index in [2.05, 4.69) is 5.32 Å². The third-order valence-electron chi connectivity index (χ3n) is 3.12. The highest BCUT2D eigenvalue weighted by Gasteiger charge is 2.43. The average Bonchev–Trinajstić information content (AvgIpc) is 2.77. The number of rotatable bonds is 2. The summed E-state index contributed by atoms with van der Waals surface area (Å²) in [5, 5.41) is 2.67. The second-order valence-corrected chi connectivity index (χ2v) is 7.75. The summed E-state index contributed by atoms with van der Waals surface area (Å²) in [6, 6.07) is -1.22. The van der Waals surface area contributed by atoms with E-state index < -0.39 is 41.4 Å². The van der Waals surface area contributed by atoms with E-state index in [1.165, 1.54) is 12.0 Å². The molecule has 8 nitrogen and oxygen atoms in total. The summed E-state index contributed by atoms with van der Waals surface area (Å²) in [6.45, 7) is 10.6. The van der Waals surface area contributed by atoms with Gasteiger partial charge >= 0.3 is 18.2 Å². The van der Waals surface area contributed by atoms with Crippen LogP contribution in [-0.4, -0.2) is 60.0 Å². The van der Waals surface area contributed by atoms with Crippen molar-refractivity contribution in [1.29, 1.82) is 0 Å². The molecule has 0 radical (unpaired) electrons. The molecule has 2 amide bonds. The Bertz CT molecular complexity index is 492. The van der Waals surface area contributed by atoms with Crippen molar-refractivity contribution < 1.29 is 28.6 Å². The van der Waals surface area contributed by atoms with Gasteiger partial charge in [-0.1, -0.05) is 0 Å². The van der Waals surface area contributed by atoms with E-state index in [0.717, 1.165) is 0 Å². The maximum absolute atomic E-state index is 12.3. The summed E-state index contributed by atoms with van der Waals surface area (Å²) in [5.41, 5.74) is -1.32. The van der Waals surface area contributed by atoms with Crippen molar-refractivity contribution in [2.45, 2.75) is 71.2 Å². The van der Waals surface area contributed by atoms with Crippen molar-refractivity contribution in [1.82, 2.24) is 10.2 Å². The molecule has 8 heteroatoms. The minimum absolute atomic E-state index is 0.147. The van der Waals surface area contributed by atoms with E-state index >= 15 is 0 Å². The molecule has 0 aromatic heterocycles. The standard InChI is InChI=1S/C16H28N2O6/c1-15(2,3)23-13(20)17-10-8-11(12(19)22-7)18(9-10)14(21)24-16(4,5)6/h10-11H,8-9H2,1-7H3,(H,17,20)/t10?,11-/m0/s1. The number of alkyl carbamates (subject to hydrolysis) is 1. The first-order valence-electron chi connectivity index (χ1n) is 7.89. The van der Waals surface area contributed by atoms with Gasteiger partial charge in [0, 0.05) is 13.0 Å². The zero-order chi connectivity index (χ0) is 18.7. The normalized spacial score (nSPS) is 21.2. The molecule has 24 heavy (non-hydrogen) atoms. The number of ether oxygens (including phenoxy) is 3. The molecule has 1 aliphatic rings. The van der Waals surface area contributed by atoms with Crippen molar-refractivity contribution in [2.75, 3.05) is 13.7 Å². The summed E-state index contributed by atoms with van der Waals surface area (Å²) in [6.07, 6.45) is -0.973. The zero-order valence-corrected chi connectivity index (χ0v) is 15.5. The monoisotopic (exact) mass is 344 g/mol. The smallest absolute Gasteiger partial charge is 0.411 e. The SMILES string of the molecule is COC(=O)[C@@H]1CC(NC(=O)OC(C)(C)C)CN1C(=O)OC(C)(C)C. The van der Waals surface area contributed by atoms with Gasteiger partial charge in [-0.15, -0.1) is 0 Å². The van der Waals surface area contributed by atoms with E-state index in [9.17, 15) is 14.4 Å². The van der Waals surface area contributed by atoms with E-state index in [1.807, 2.05) is 0 Å². The first-order valence-corrected chi connectivity index (χ1v) is 7.89. The minimum atomic E-state index is -0.801. The number of hydrogen-bond donors (Lipinski definition) is 1. The molecule has 0 spiro atoms. The zero-order valence-electron chi connectivity index (χ0n) is 15.5. The lowest BCUT2D eigenvalue weighted by Crippen LogP contribution is -2.44. The molecule has 138 valence electrons. The molecule has 1 unspecified atom stereocenters. The van der Waals surface area contributed by atoms with Gasteiger partial charge in [0.25, 0.3) is 0 Å². The highest BCUT2D eigenvalue weighted by atomic mass is 16.6. The number of likely N-dealkylation sites (tertiary alicyclic amines) is 1. The van der Waals surface area contributed by atoms with E-state index in [4.69, 9.17) is 14.2 Å². The highest BCUT2D eigenvalue weighted by molar-refractivity contribution is 5.82. The number of nitrogens with one attached hydrogen (secondary N) is 1. The van der Waals surface area contributed by atoms with Gasteiger partial charge in [-0.25, -0.2) is 14.4 Å². The molecule has 0 saturated carbocycles. The fraction of sp³-hybridized carbons (Fsp3) is 0.812. The summed E-state index contributed by atoms with van der Waals surface area (Å²) < 4.78 is 15.3. The molecule has 0 aliphatic carbocycles. The summed E-state index contributed by atoms with van der Waals surface area (Å²) in [4.78, 5) is 37.4. The van der Waals surface area contributed by atoms with Crippen LogP contribution in [0.5, 0.6) is 0 Å². The van der Waals surface area contributed by atoms with E-state index in [-0.39, 0.29) is 13.0 Å². The van der Waals surface area contributed by atoms with E-state index in [0.29, 0.717) is 0 Å². The number of methoxy groups -OCH3 is 1. The third kappa shape index (κ3) is 6.25. The molecular weight excluding hydrogens is 316 g/mol. The average molecular weight is 344 g/mol. The summed E-state index contributed by atoms with van der Waals surface area (Å²) >= 11 is 0. The van der Waals surface area contributed by atoms with E-state index in [1.54, 1.807) is 41.5 Å². The van der Waals surface area contributed by atoms with Crippen LogP contribution in [0.2, 0.25) is 0 Å². The quantitative estimate of drug-likeness (QED) is 0.609. The molecule has 0 aromatic carbocycles. The largest absolute Gasteiger partial charge is 0.467 e. The van der Waals surface area contributed by atoms with Gasteiger partial charge in [-0.2, -0.15) is 0 Å². The minimum Gasteiger partial charge on any atom is -0.467 e. The number of amides is 2. The van der Waals surface area contributed by atoms with Gasteiger partial charge < -0.3 is 19.5 Å². The van der Waals surface area contributed by atoms with Crippen molar-refractivity contribution in [3.8, 4) is 0 Å². The van der Waals surface area contributed by atoms with Crippen LogP contribution in [0.3, 0.4) is 0 Å². The van der Waals surface area contributed by atoms with Crippen LogP contribution in [0, 0.1) is 0 Å². The van der Waals surface area contributed by atoms with Crippen LogP contribution >= 0.6 is 0 Å². The van der Waals surface area contributed by atoms with Crippen LogP contribution in [0.15, 0.2) is 0 Å². The fourth-order valence-electron chi connectivity index (χ4n) is 2.30. The van der Waals surface area contributed by atoms with Crippen LogP contribution in [0.25, 0.3) is 0 Å². The summed E-state index contributed by atoms with van der Waals surface area (Å²) in [5.74, 6) is -0.547. The van der Waals surface area contributed by atoms with Crippen molar-refractivity contribution in [3.05, 3.63) is 0 Å². The van der Waals surface area contributed by atoms with Crippen LogP contribution in [-0.2, 0) is 19.0 Å². The molecule has 1 rings (SSSR count). The van der Waals surface area contributed by atoms with Crippen LogP contribution in [0.1, 0.15) is 48.0 Å². The maximum Gasteiger partial charge on any atom is 0.411 e. The lowest BCUT2D eigenvalue weighted by molar-refractivity contribution is -0.145. The molecule has 1 saturated heterocycles. The first kappa shape index (κ1) is 20.1. The third-order valence-corrected chi connectivity index (χ3v) is 3.12. The summed E-state index contributed by atoms with van der Waals surface area (Å²) in [7, 11) is 1.25. The molecule has 1 aliphatic heterocycles. The Balaban J connectivity index is 2.78. The number of esters is 1. The second-order valence-electron chi connectivity index (χ2n) is 7.75. The van der Waals surface area contributed by atoms with Crippen molar-refractivity contribution in [3.63, 3.8) is 0 Å². The van der Waals surface area contributed by atoms with Gasteiger partial charge in [0.1, 0.15) is 17.2 Å². The Morgan fingerprint density at radius 2 is 1.54 bits per heavy atom. The fourth-order valence-corrected chi connectivity index (χ4v) is 2.30. The Morgan fingerprint density at radius 1 is 1.00 bits per heavy atom. The van der Waals surface area contributed by atoms with Gasteiger partial charge in [0.2, 0.25) is 0 Å². The molecule has 1 fully saturated rings. The first-order chi connectivity index (χ1) is 10.8. The number of carbonyl (C=O) groups excluding carboxylic acids is 3. The maximum atomic E-state index is 12.3. The van der Waals surface area contributed by atoms with Gasteiger partial charge in [-0.05, 0) is 41.5 Å². The topological polar surface area (TPSA) is 94.2 Å². The van der Waals surface area contributed by atoms with Crippen molar-refractivity contribution >= 4 is 18.2 Å². The number of hydrogen-bond acceptors (Lipinski definition) is 6. The molecule has 1 heterocycles. The van der Waals surface area contributed by atoms with Gasteiger partial charge in [0.15, 0.2) is 0 Å². The lowest BCUT2D eigenvalue weighted by atomic mass is 10.1. The molecule has 0 aromatic rings. The van der Waals surface area contributed by atoms with Gasteiger partial charge in [-0.3, -0.25) is 4.90 Å². The predicted molar refractivity (Wildman–Crippen MR) is 86.5 cm³/mol. The molecule has 2 atom stereocenters. The Kier molecular flexibility index (Phi) is 6.08. The van der Waals surface area contributed by atoms with Gasteiger partial charge in [0.05, 0.1) is 13.2 Å². The second kappa shape index (κ2) is 7.27. The predicted octanol–water partition coefficient (Wildman–Crippen LogP) is 2.06.